The first-order valence-electron chi connectivity index (χ1n) is 9.55. The summed E-state index contributed by atoms with van der Waals surface area (Å²) >= 11 is 0. The van der Waals surface area contributed by atoms with Crippen LogP contribution in [0.25, 0.3) is 11.3 Å². The number of aryl methyl sites for hydroxylation is 1. The van der Waals surface area contributed by atoms with Crippen LogP contribution in [-0.2, 0) is 17.6 Å². The number of fused-ring (bicyclic) bond motifs is 1. The highest BCUT2D eigenvalue weighted by Crippen LogP contribution is 2.25. The highest BCUT2D eigenvalue weighted by Gasteiger charge is 2.38. The van der Waals surface area contributed by atoms with Crippen molar-refractivity contribution in [1.29, 1.82) is 0 Å². The number of rotatable bonds is 2. The number of halogens is 3. The number of hydrogen-bond donors (Lipinski definition) is 1. The number of aromatic nitrogens is 3. The summed E-state index contributed by atoms with van der Waals surface area (Å²) in [6, 6.07) is 7.44. The number of furan rings is 1. The van der Waals surface area contributed by atoms with Gasteiger partial charge in [0, 0.05) is 48.7 Å². The van der Waals surface area contributed by atoms with Gasteiger partial charge in [-0.1, -0.05) is 0 Å². The Morgan fingerprint density at radius 1 is 1.06 bits per heavy atom. The standard InChI is InChI=1S/C19H18N4O2.C2HF3O2/c1-13-2-3-17(25-13)19(24)23-10-6-15-16(7-11-23)21-12-22-18(15)14-4-8-20-9-5-14;3-2(4,5)1(6)7/h2-5,8-9,12H,6-7,10-11H2,1H3;(H,6,7). The van der Waals surface area contributed by atoms with E-state index in [1.807, 2.05) is 30.0 Å². The first kappa shape index (κ1) is 22.9. The van der Waals surface area contributed by atoms with Gasteiger partial charge >= 0.3 is 12.1 Å². The van der Waals surface area contributed by atoms with E-state index in [0.717, 1.165) is 34.7 Å². The van der Waals surface area contributed by atoms with Gasteiger partial charge in [0.15, 0.2) is 5.76 Å². The maximum absolute atomic E-state index is 12.7. The summed E-state index contributed by atoms with van der Waals surface area (Å²) in [6.45, 7) is 3.08. The highest BCUT2D eigenvalue weighted by atomic mass is 19.4. The van der Waals surface area contributed by atoms with Gasteiger partial charge in [-0.3, -0.25) is 9.78 Å². The van der Waals surface area contributed by atoms with E-state index in [2.05, 4.69) is 15.0 Å². The fourth-order valence-electron chi connectivity index (χ4n) is 3.19. The summed E-state index contributed by atoms with van der Waals surface area (Å²) in [5.41, 5.74) is 4.07. The van der Waals surface area contributed by atoms with Crippen molar-refractivity contribution in [2.45, 2.75) is 25.9 Å². The molecule has 168 valence electrons. The molecule has 1 N–H and O–H groups in total. The third kappa shape index (κ3) is 5.48. The van der Waals surface area contributed by atoms with Crippen LogP contribution in [0.5, 0.6) is 0 Å². The van der Waals surface area contributed by atoms with Crippen molar-refractivity contribution in [2.24, 2.45) is 0 Å². The minimum absolute atomic E-state index is 0.0701. The summed E-state index contributed by atoms with van der Waals surface area (Å²) in [5.74, 6) is -1.69. The molecule has 0 aliphatic carbocycles. The van der Waals surface area contributed by atoms with E-state index in [4.69, 9.17) is 14.3 Å². The van der Waals surface area contributed by atoms with E-state index in [-0.39, 0.29) is 5.91 Å². The van der Waals surface area contributed by atoms with Gasteiger partial charge in [0.25, 0.3) is 5.91 Å². The summed E-state index contributed by atoms with van der Waals surface area (Å²) in [7, 11) is 0. The number of carboxylic acids is 1. The predicted molar refractivity (Wildman–Crippen MR) is 106 cm³/mol. The molecule has 0 saturated carbocycles. The van der Waals surface area contributed by atoms with Gasteiger partial charge in [0.1, 0.15) is 12.1 Å². The van der Waals surface area contributed by atoms with E-state index in [1.54, 1.807) is 24.8 Å². The zero-order valence-corrected chi connectivity index (χ0v) is 17.0. The number of amides is 1. The zero-order chi connectivity index (χ0) is 23.3. The molecule has 3 aromatic rings. The molecule has 0 atom stereocenters. The molecule has 1 amide bonds. The minimum Gasteiger partial charge on any atom is -0.475 e. The van der Waals surface area contributed by atoms with Crippen molar-refractivity contribution in [3.05, 3.63) is 65.8 Å². The molecule has 32 heavy (non-hydrogen) atoms. The van der Waals surface area contributed by atoms with Gasteiger partial charge in [0.2, 0.25) is 0 Å². The smallest absolute Gasteiger partial charge is 0.475 e. The highest BCUT2D eigenvalue weighted by molar-refractivity contribution is 5.91. The summed E-state index contributed by atoms with van der Waals surface area (Å²) in [4.78, 5) is 36.4. The SMILES string of the molecule is Cc1ccc(C(=O)N2CCc3ncnc(-c4ccncc4)c3CC2)o1.O=C(O)C(F)(F)F. The van der Waals surface area contributed by atoms with Crippen LogP contribution in [0.15, 0.2) is 47.4 Å². The molecule has 8 nitrogen and oxygen atoms in total. The second-order valence-corrected chi connectivity index (χ2v) is 6.89. The van der Waals surface area contributed by atoms with E-state index >= 15 is 0 Å². The van der Waals surface area contributed by atoms with Gasteiger partial charge in [0.05, 0.1) is 5.69 Å². The number of pyridine rings is 1. The molecule has 0 aromatic carbocycles. The van der Waals surface area contributed by atoms with Crippen LogP contribution in [-0.4, -0.2) is 56.1 Å². The van der Waals surface area contributed by atoms with Crippen LogP contribution in [0.2, 0.25) is 0 Å². The van der Waals surface area contributed by atoms with Gasteiger partial charge in [-0.25, -0.2) is 14.8 Å². The Balaban J connectivity index is 0.000000360. The molecular formula is C21H19F3N4O4. The molecule has 3 aromatic heterocycles. The molecule has 0 fully saturated rings. The van der Waals surface area contributed by atoms with Gasteiger partial charge in [-0.2, -0.15) is 13.2 Å². The van der Waals surface area contributed by atoms with E-state index in [9.17, 15) is 18.0 Å². The number of alkyl halides is 3. The van der Waals surface area contributed by atoms with Crippen molar-refractivity contribution in [1.82, 2.24) is 19.9 Å². The zero-order valence-electron chi connectivity index (χ0n) is 17.0. The van der Waals surface area contributed by atoms with E-state index < -0.39 is 12.1 Å². The Labute approximate surface area is 180 Å². The van der Waals surface area contributed by atoms with Crippen LogP contribution in [0.1, 0.15) is 27.6 Å². The first-order chi connectivity index (χ1) is 15.2. The first-order valence-corrected chi connectivity index (χ1v) is 9.55. The lowest BCUT2D eigenvalue weighted by Crippen LogP contribution is -2.33. The Morgan fingerprint density at radius 2 is 1.72 bits per heavy atom. The fourth-order valence-corrected chi connectivity index (χ4v) is 3.19. The Bertz CT molecular complexity index is 1100. The van der Waals surface area contributed by atoms with Crippen LogP contribution in [0.3, 0.4) is 0 Å². The molecule has 0 radical (unpaired) electrons. The average Bonchev–Trinajstić information content (AvgIpc) is 3.08. The lowest BCUT2D eigenvalue weighted by molar-refractivity contribution is -0.192. The largest absolute Gasteiger partial charge is 0.490 e. The quantitative estimate of drug-likeness (QED) is 0.641. The van der Waals surface area contributed by atoms with Crippen LogP contribution >= 0.6 is 0 Å². The topological polar surface area (TPSA) is 109 Å². The van der Waals surface area contributed by atoms with Crippen molar-refractivity contribution in [3.8, 4) is 11.3 Å². The number of carboxylic acid groups (broad SMARTS) is 1. The molecule has 4 rings (SSSR count). The summed E-state index contributed by atoms with van der Waals surface area (Å²) < 4.78 is 37.2. The van der Waals surface area contributed by atoms with Crippen molar-refractivity contribution in [3.63, 3.8) is 0 Å². The van der Waals surface area contributed by atoms with Crippen LogP contribution in [0, 0.1) is 6.92 Å². The monoisotopic (exact) mass is 448 g/mol. The van der Waals surface area contributed by atoms with Gasteiger partial charge in [-0.15, -0.1) is 0 Å². The molecule has 1 aliphatic heterocycles. The predicted octanol–water partition coefficient (Wildman–Crippen LogP) is 3.31. The van der Waals surface area contributed by atoms with Gasteiger partial charge in [-0.05, 0) is 37.6 Å². The van der Waals surface area contributed by atoms with Crippen LogP contribution in [0.4, 0.5) is 13.2 Å². The molecule has 1 aliphatic rings. The maximum Gasteiger partial charge on any atom is 0.490 e. The second-order valence-electron chi connectivity index (χ2n) is 6.89. The van der Waals surface area contributed by atoms with Crippen molar-refractivity contribution in [2.75, 3.05) is 13.1 Å². The van der Waals surface area contributed by atoms with Crippen LogP contribution < -0.4 is 0 Å². The normalized spacial score (nSPS) is 13.4. The molecule has 0 saturated heterocycles. The Morgan fingerprint density at radius 3 is 2.31 bits per heavy atom. The number of nitrogens with zero attached hydrogens (tertiary/aromatic N) is 4. The maximum atomic E-state index is 12.7. The molecule has 4 heterocycles. The van der Waals surface area contributed by atoms with Crippen molar-refractivity contribution >= 4 is 11.9 Å². The summed E-state index contributed by atoms with van der Waals surface area (Å²) in [6.07, 6.45) is 1.47. The van der Waals surface area contributed by atoms with E-state index in [0.29, 0.717) is 25.3 Å². The minimum atomic E-state index is -5.08. The number of aliphatic carboxylic acids is 1. The lowest BCUT2D eigenvalue weighted by atomic mass is 10.0. The fraction of sp³-hybridized carbons (Fsp3) is 0.286. The number of carbonyl (C=O) groups excluding carboxylic acids is 1. The van der Waals surface area contributed by atoms with Gasteiger partial charge < -0.3 is 14.4 Å². The lowest BCUT2D eigenvalue weighted by Gasteiger charge is -2.18. The number of hydrogen-bond acceptors (Lipinski definition) is 6. The third-order valence-corrected chi connectivity index (χ3v) is 4.72. The summed E-state index contributed by atoms with van der Waals surface area (Å²) in [5, 5.41) is 7.12. The Kier molecular flexibility index (Phi) is 6.86. The molecule has 0 spiro atoms. The number of carbonyl (C=O) groups is 2. The molecule has 0 bridgehead atoms. The van der Waals surface area contributed by atoms with Crippen molar-refractivity contribution < 1.29 is 32.3 Å². The molecular weight excluding hydrogens is 429 g/mol. The second kappa shape index (κ2) is 9.58. The molecule has 11 heteroatoms. The third-order valence-electron chi connectivity index (χ3n) is 4.72. The molecule has 0 unspecified atom stereocenters. The average molecular weight is 448 g/mol. The van der Waals surface area contributed by atoms with E-state index in [1.165, 1.54) is 0 Å². The Hall–Kier alpha value is -3.76.